The predicted molar refractivity (Wildman–Crippen MR) is 78.1 cm³/mol. The van der Waals surface area contributed by atoms with Gasteiger partial charge in [-0.05, 0) is 24.3 Å². The number of hydrogen-bond acceptors (Lipinski definition) is 3. The van der Waals surface area contributed by atoms with Crippen LogP contribution in [0.15, 0.2) is 41.2 Å². The summed E-state index contributed by atoms with van der Waals surface area (Å²) in [6, 6.07) is 5.53. The number of halogens is 3. The van der Waals surface area contributed by atoms with Crippen LogP contribution in [0.2, 0.25) is 0 Å². The van der Waals surface area contributed by atoms with Crippen molar-refractivity contribution in [3.8, 4) is 0 Å². The number of alkyl halides is 3. The molecule has 0 aliphatic rings. The summed E-state index contributed by atoms with van der Waals surface area (Å²) in [7, 11) is 1.76. The molecular weight excluding hydrogens is 301 g/mol. The number of thiocarbonyl (C=S) groups is 1. The molecule has 1 aromatic heterocycles. The van der Waals surface area contributed by atoms with E-state index in [-0.39, 0.29) is 10.6 Å². The van der Waals surface area contributed by atoms with Gasteiger partial charge in [0.2, 0.25) is 0 Å². The Hall–Kier alpha value is -2.02. The summed E-state index contributed by atoms with van der Waals surface area (Å²) in [4.78, 5) is 1.51. The fraction of sp³-hybridized carbons (Fsp3) is 0.214. The molecule has 0 radical (unpaired) electrons. The summed E-state index contributed by atoms with van der Waals surface area (Å²) in [5.41, 5.74) is 5.92. The van der Waals surface area contributed by atoms with Crippen LogP contribution in [-0.2, 0) is 12.7 Å². The lowest BCUT2D eigenvalue weighted by molar-refractivity contribution is -0.137. The first-order valence-corrected chi connectivity index (χ1v) is 6.43. The van der Waals surface area contributed by atoms with Crippen LogP contribution < -0.4 is 10.6 Å². The largest absolute Gasteiger partial charge is 0.472 e. The average Bonchev–Trinajstić information content (AvgIpc) is 2.89. The fourth-order valence-electron chi connectivity index (χ4n) is 1.97. The summed E-state index contributed by atoms with van der Waals surface area (Å²) >= 11 is 4.72. The van der Waals surface area contributed by atoms with Gasteiger partial charge in [0, 0.05) is 30.4 Å². The first-order chi connectivity index (χ1) is 9.79. The van der Waals surface area contributed by atoms with Crippen molar-refractivity contribution < 1.29 is 17.6 Å². The van der Waals surface area contributed by atoms with Gasteiger partial charge >= 0.3 is 6.18 Å². The summed E-state index contributed by atoms with van der Waals surface area (Å²) in [5, 5.41) is 0. The van der Waals surface area contributed by atoms with Crippen molar-refractivity contribution in [2.24, 2.45) is 5.73 Å². The molecule has 1 aromatic carbocycles. The van der Waals surface area contributed by atoms with Crippen LogP contribution in [0.25, 0.3) is 0 Å². The SMILES string of the molecule is CN(Cc1ccoc1)c1ccc(C(F)(F)F)c(C(N)=S)c1. The van der Waals surface area contributed by atoms with Gasteiger partial charge in [-0.1, -0.05) is 12.2 Å². The fourth-order valence-corrected chi connectivity index (χ4v) is 2.14. The lowest BCUT2D eigenvalue weighted by Crippen LogP contribution is -2.21. The van der Waals surface area contributed by atoms with E-state index in [9.17, 15) is 13.2 Å². The highest BCUT2D eigenvalue weighted by Crippen LogP contribution is 2.34. The van der Waals surface area contributed by atoms with E-state index in [0.717, 1.165) is 11.6 Å². The molecule has 0 spiro atoms. The maximum atomic E-state index is 12.9. The number of hydrogen-bond donors (Lipinski definition) is 1. The van der Waals surface area contributed by atoms with Gasteiger partial charge in [-0.3, -0.25) is 0 Å². The third-order valence-electron chi connectivity index (χ3n) is 3.01. The normalized spacial score (nSPS) is 11.4. The molecule has 1 heterocycles. The van der Waals surface area contributed by atoms with Gasteiger partial charge in [-0.2, -0.15) is 13.2 Å². The Labute approximate surface area is 125 Å². The molecule has 21 heavy (non-hydrogen) atoms. The molecule has 0 saturated carbocycles. The van der Waals surface area contributed by atoms with Crippen molar-refractivity contribution >= 4 is 22.9 Å². The van der Waals surface area contributed by atoms with E-state index in [0.29, 0.717) is 12.2 Å². The molecule has 3 nitrogen and oxygen atoms in total. The number of nitrogens with two attached hydrogens (primary N) is 1. The Morgan fingerprint density at radius 3 is 2.57 bits per heavy atom. The topological polar surface area (TPSA) is 42.4 Å². The van der Waals surface area contributed by atoms with Gasteiger partial charge in [0.05, 0.1) is 18.1 Å². The number of rotatable bonds is 4. The number of nitrogens with zero attached hydrogens (tertiary/aromatic N) is 1. The molecule has 112 valence electrons. The van der Waals surface area contributed by atoms with Gasteiger partial charge in [-0.25, -0.2) is 0 Å². The summed E-state index contributed by atoms with van der Waals surface area (Å²) in [5.74, 6) is 0. The van der Waals surface area contributed by atoms with Crippen LogP contribution in [0.1, 0.15) is 16.7 Å². The van der Waals surface area contributed by atoms with Gasteiger partial charge in [0.1, 0.15) is 4.99 Å². The molecule has 0 fully saturated rings. The lowest BCUT2D eigenvalue weighted by Gasteiger charge is -2.21. The molecule has 2 aromatic rings. The highest BCUT2D eigenvalue weighted by Gasteiger charge is 2.34. The molecule has 7 heteroatoms. The summed E-state index contributed by atoms with van der Waals surface area (Å²) in [6.45, 7) is 0.499. The van der Waals surface area contributed by atoms with E-state index in [1.165, 1.54) is 18.4 Å². The molecule has 2 rings (SSSR count). The number of furan rings is 1. The smallest absolute Gasteiger partial charge is 0.417 e. The Balaban J connectivity index is 2.33. The zero-order valence-electron chi connectivity index (χ0n) is 11.1. The molecular formula is C14H13F3N2OS. The van der Waals surface area contributed by atoms with E-state index in [2.05, 4.69) is 0 Å². The Bertz CT molecular complexity index is 638. The maximum absolute atomic E-state index is 12.9. The molecule has 0 bridgehead atoms. The monoisotopic (exact) mass is 314 g/mol. The van der Waals surface area contributed by atoms with E-state index in [1.54, 1.807) is 24.3 Å². The minimum Gasteiger partial charge on any atom is -0.472 e. The number of benzene rings is 1. The van der Waals surface area contributed by atoms with Crippen molar-refractivity contribution in [3.05, 3.63) is 53.5 Å². The summed E-state index contributed by atoms with van der Waals surface area (Å²) < 4.78 is 43.7. The summed E-state index contributed by atoms with van der Waals surface area (Å²) in [6.07, 6.45) is -1.37. The van der Waals surface area contributed by atoms with Crippen LogP contribution in [0.3, 0.4) is 0 Å². The van der Waals surface area contributed by atoms with Gasteiger partial charge in [-0.15, -0.1) is 0 Å². The lowest BCUT2D eigenvalue weighted by atomic mass is 10.1. The Morgan fingerprint density at radius 1 is 1.33 bits per heavy atom. The van der Waals surface area contributed by atoms with Crippen LogP contribution in [0.4, 0.5) is 18.9 Å². The van der Waals surface area contributed by atoms with Crippen LogP contribution >= 0.6 is 12.2 Å². The van der Waals surface area contributed by atoms with Gasteiger partial charge in [0.15, 0.2) is 0 Å². The molecule has 2 N–H and O–H groups in total. The molecule has 0 aliphatic carbocycles. The molecule has 0 atom stereocenters. The van der Waals surface area contributed by atoms with Gasteiger partial charge in [0.25, 0.3) is 0 Å². The Morgan fingerprint density at radius 2 is 2.05 bits per heavy atom. The van der Waals surface area contributed by atoms with Crippen molar-refractivity contribution in [2.75, 3.05) is 11.9 Å². The minimum atomic E-state index is -4.49. The first-order valence-electron chi connectivity index (χ1n) is 6.02. The quantitative estimate of drug-likeness (QED) is 0.876. The van der Waals surface area contributed by atoms with Crippen LogP contribution in [0.5, 0.6) is 0 Å². The maximum Gasteiger partial charge on any atom is 0.417 e. The second-order valence-electron chi connectivity index (χ2n) is 4.58. The van der Waals surface area contributed by atoms with Crippen molar-refractivity contribution in [1.29, 1.82) is 0 Å². The second kappa shape index (κ2) is 5.77. The van der Waals surface area contributed by atoms with E-state index in [1.807, 2.05) is 0 Å². The highest BCUT2D eigenvalue weighted by atomic mass is 32.1. The highest BCUT2D eigenvalue weighted by molar-refractivity contribution is 7.80. The van der Waals surface area contributed by atoms with Crippen molar-refractivity contribution in [1.82, 2.24) is 0 Å². The van der Waals surface area contributed by atoms with Crippen molar-refractivity contribution in [2.45, 2.75) is 12.7 Å². The molecule has 0 aliphatic heterocycles. The Kier molecular flexibility index (Phi) is 4.22. The molecule has 0 amide bonds. The van der Waals surface area contributed by atoms with Gasteiger partial charge < -0.3 is 15.1 Å². The standard InChI is InChI=1S/C14H13F3N2OS/c1-19(7-9-4-5-20-8-9)10-2-3-12(14(15,16)17)11(6-10)13(18)21/h2-6,8H,7H2,1H3,(H2,18,21). The first kappa shape index (κ1) is 15.4. The zero-order chi connectivity index (χ0) is 15.6. The van der Waals surface area contributed by atoms with E-state index in [4.69, 9.17) is 22.4 Å². The van der Waals surface area contributed by atoms with Crippen molar-refractivity contribution in [3.63, 3.8) is 0 Å². The van der Waals surface area contributed by atoms with E-state index >= 15 is 0 Å². The minimum absolute atomic E-state index is 0.172. The molecule has 0 saturated heterocycles. The predicted octanol–water partition coefficient (Wildman–Crippen LogP) is 3.57. The number of anilines is 1. The van der Waals surface area contributed by atoms with Crippen LogP contribution in [-0.4, -0.2) is 12.0 Å². The third kappa shape index (κ3) is 3.55. The molecule has 0 unspecified atom stereocenters. The van der Waals surface area contributed by atoms with Crippen LogP contribution in [0, 0.1) is 0 Å². The average molecular weight is 314 g/mol. The second-order valence-corrected chi connectivity index (χ2v) is 5.02. The zero-order valence-corrected chi connectivity index (χ0v) is 12.0. The van der Waals surface area contributed by atoms with E-state index < -0.39 is 11.7 Å². The third-order valence-corrected chi connectivity index (χ3v) is 3.23.